The number of nitrogens with zero attached hydrogens (tertiary/aromatic N) is 2. The van der Waals surface area contributed by atoms with E-state index in [4.69, 9.17) is 4.74 Å². The Morgan fingerprint density at radius 2 is 1.57 bits per heavy atom. The maximum absolute atomic E-state index is 14.1. The molecule has 1 aliphatic carbocycles. The topological polar surface area (TPSA) is 96.0 Å². The number of sulfonamides is 1. The van der Waals surface area contributed by atoms with Gasteiger partial charge in [0.15, 0.2) is 0 Å². The van der Waals surface area contributed by atoms with Crippen molar-refractivity contribution in [3.8, 4) is 5.75 Å². The minimum absolute atomic E-state index is 0.00504. The van der Waals surface area contributed by atoms with Crippen molar-refractivity contribution in [2.24, 2.45) is 0 Å². The molecule has 10 heteroatoms. The molecular weight excluding hydrogens is 557 g/mol. The maximum atomic E-state index is 14.1. The molecule has 0 aromatic heterocycles. The fourth-order valence-electron chi connectivity index (χ4n) is 5.25. The van der Waals surface area contributed by atoms with Crippen molar-refractivity contribution < 1.29 is 27.1 Å². The number of hydrogen-bond acceptors (Lipinski definition) is 5. The number of anilines is 1. The molecule has 0 bridgehead atoms. The van der Waals surface area contributed by atoms with Crippen LogP contribution < -0.4 is 14.4 Å². The number of nitrogens with one attached hydrogen (secondary N) is 1. The van der Waals surface area contributed by atoms with Crippen LogP contribution in [0.2, 0.25) is 0 Å². The second kappa shape index (κ2) is 14.3. The summed E-state index contributed by atoms with van der Waals surface area (Å²) in [4.78, 5) is 29.5. The molecule has 1 fully saturated rings. The normalized spacial score (nSPS) is 14.5. The highest BCUT2D eigenvalue weighted by molar-refractivity contribution is 7.92. The molecule has 1 N–H and O–H groups in total. The van der Waals surface area contributed by atoms with Gasteiger partial charge in [-0.2, -0.15) is 0 Å². The number of benzene rings is 3. The third-order valence-corrected chi connectivity index (χ3v) is 8.67. The van der Waals surface area contributed by atoms with Gasteiger partial charge in [-0.1, -0.05) is 61.7 Å². The molecule has 42 heavy (non-hydrogen) atoms. The quantitative estimate of drug-likeness (QED) is 0.328. The van der Waals surface area contributed by atoms with Crippen LogP contribution in [0.1, 0.15) is 43.2 Å². The Balaban J connectivity index is 1.70. The zero-order chi connectivity index (χ0) is 30.1. The van der Waals surface area contributed by atoms with Gasteiger partial charge < -0.3 is 15.0 Å². The minimum Gasteiger partial charge on any atom is -0.497 e. The zero-order valence-corrected chi connectivity index (χ0v) is 24.9. The number of ether oxygens (including phenoxy) is 1. The molecular formula is C32H38FN3O5S. The first-order chi connectivity index (χ1) is 20.1. The molecule has 1 atom stereocenters. The van der Waals surface area contributed by atoms with Crippen molar-refractivity contribution in [2.75, 3.05) is 24.2 Å². The van der Waals surface area contributed by atoms with Crippen molar-refractivity contribution >= 4 is 27.5 Å². The summed E-state index contributed by atoms with van der Waals surface area (Å²) in [7, 11) is -2.37. The van der Waals surface area contributed by atoms with E-state index in [0.717, 1.165) is 48.2 Å². The molecule has 3 aromatic carbocycles. The molecule has 3 aromatic rings. The van der Waals surface area contributed by atoms with Gasteiger partial charge in [0, 0.05) is 19.0 Å². The van der Waals surface area contributed by atoms with Gasteiger partial charge in [-0.05, 0) is 60.4 Å². The van der Waals surface area contributed by atoms with Crippen molar-refractivity contribution in [1.29, 1.82) is 0 Å². The summed E-state index contributed by atoms with van der Waals surface area (Å²) >= 11 is 0. The third-order valence-electron chi connectivity index (χ3n) is 7.53. The van der Waals surface area contributed by atoms with E-state index in [1.807, 2.05) is 30.3 Å². The number of hydrogen-bond donors (Lipinski definition) is 1. The van der Waals surface area contributed by atoms with Crippen LogP contribution in [0.15, 0.2) is 78.9 Å². The molecule has 0 saturated heterocycles. The van der Waals surface area contributed by atoms with Crippen LogP contribution in [0.3, 0.4) is 0 Å². The van der Waals surface area contributed by atoms with Crippen molar-refractivity contribution in [2.45, 2.75) is 57.2 Å². The third kappa shape index (κ3) is 8.55. The predicted molar refractivity (Wildman–Crippen MR) is 161 cm³/mol. The summed E-state index contributed by atoms with van der Waals surface area (Å²) < 4.78 is 45.7. The molecule has 8 nitrogen and oxygen atoms in total. The van der Waals surface area contributed by atoms with Crippen LogP contribution >= 0.6 is 0 Å². The molecule has 0 radical (unpaired) electrons. The molecule has 0 unspecified atom stereocenters. The highest BCUT2D eigenvalue weighted by atomic mass is 32.2. The predicted octanol–water partition coefficient (Wildman–Crippen LogP) is 4.69. The molecule has 0 heterocycles. The van der Waals surface area contributed by atoms with Crippen LogP contribution in [0.5, 0.6) is 5.75 Å². The lowest BCUT2D eigenvalue weighted by atomic mass is 9.94. The van der Waals surface area contributed by atoms with Crippen LogP contribution in [-0.2, 0) is 32.6 Å². The molecule has 0 spiro atoms. The lowest BCUT2D eigenvalue weighted by Gasteiger charge is -2.35. The minimum atomic E-state index is -3.88. The van der Waals surface area contributed by atoms with Gasteiger partial charge in [0.2, 0.25) is 21.8 Å². The van der Waals surface area contributed by atoms with E-state index in [1.54, 1.807) is 36.4 Å². The Kier molecular flexibility index (Phi) is 10.6. The van der Waals surface area contributed by atoms with Crippen molar-refractivity contribution in [3.63, 3.8) is 0 Å². The summed E-state index contributed by atoms with van der Waals surface area (Å²) in [5.41, 5.74) is 1.76. The van der Waals surface area contributed by atoms with Gasteiger partial charge in [0.25, 0.3) is 0 Å². The van der Waals surface area contributed by atoms with E-state index in [9.17, 15) is 22.4 Å². The van der Waals surface area contributed by atoms with Gasteiger partial charge in [0.1, 0.15) is 24.2 Å². The fraction of sp³-hybridized carbons (Fsp3) is 0.375. The van der Waals surface area contributed by atoms with Crippen LogP contribution in [0, 0.1) is 5.82 Å². The van der Waals surface area contributed by atoms with E-state index < -0.39 is 34.3 Å². The summed E-state index contributed by atoms with van der Waals surface area (Å²) in [6.45, 7) is -0.525. The number of carbonyl (C=O) groups is 2. The van der Waals surface area contributed by atoms with Crippen LogP contribution in [0.25, 0.3) is 0 Å². The van der Waals surface area contributed by atoms with Gasteiger partial charge in [-0.3, -0.25) is 13.9 Å². The summed E-state index contributed by atoms with van der Waals surface area (Å²) in [6, 6.07) is 20.6. The first-order valence-corrected chi connectivity index (χ1v) is 16.0. The Hall–Kier alpha value is -3.92. The van der Waals surface area contributed by atoms with Crippen LogP contribution in [-0.4, -0.2) is 57.1 Å². The summed E-state index contributed by atoms with van der Waals surface area (Å²) in [6.07, 6.45) is 6.18. The monoisotopic (exact) mass is 595 g/mol. The number of methoxy groups -OCH3 is 1. The van der Waals surface area contributed by atoms with Crippen molar-refractivity contribution in [3.05, 3.63) is 95.8 Å². The zero-order valence-electron chi connectivity index (χ0n) is 24.0. The second-order valence-corrected chi connectivity index (χ2v) is 12.6. The first kappa shape index (κ1) is 31.0. The smallest absolute Gasteiger partial charge is 0.244 e. The van der Waals surface area contributed by atoms with Crippen LogP contribution in [0.4, 0.5) is 10.1 Å². The lowest BCUT2D eigenvalue weighted by Crippen LogP contribution is -2.55. The largest absolute Gasteiger partial charge is 0.497 e. The average molecular weight is 596 g/mol. The summed E-state index contributed by atoms with van der Waals surface area (Å²) in [5, 5.41) is 3.16. The number of carbonyl (C=O) groups excluding carboxylic acids is 2. The van der Waals surface area contributed by atoms with Gasteiger partial charge >= 0.3 is 0 Å². The highest BCUT2D eigenvalue weighted by Crippen LogP contribution is 2.24. The van der Waals surface area contributed by atoms with E-state index in [2.05, 4.69) is 5.32 Å². The maximum Gasteiger partial charge on any atom is 0.244 e. The molecule has 0 aliphatic heterocycles. The molecule has 1 aliphatic rings. The first-order valence-electron chi connectivity index (χ1n) is 14.1. The Morgan fingerprint density at radius 1 is 0.929 bits per heavy atom. The molecule has 4 rings (SSSR count). The number of halogens is 1. The molecule has 2 amide bonds. The van der Waals surface area contributed by atoms with E-state index in [0.29, 0.717) is 17.0 Å². The summed E-state index contributed by atoms with van der Waals surface area (Å²) in [5.74, 6) is -0.731. The van der Waals surface area contributed by atoms with E-state index in [-0.39, 0.29) is 24.9 Å². The number of amides is 2. The Morgan fingerprint density at radius 3 is 2.17 bits per heavy atom. The second-order valence-electron chi connectivity index (χ2n) is 10.7. The van der Waals surface area contributed by atoms with Gasteiger partial charge in [-0.15, -0.1) is 0 Å². The SMILES string of the molecule is COc1ccc(N(CC(=O)N(Cc2ccc(F)cc2)[C@H](Cc2ccccc2)C(=O)NC2CCCCC2)S(C)(=O)=O)cc1. The Bertz CT molecular complexity index is 1430. The van der Waals surface area contributed by atoms with Gasteiger partial charge in [0.05, 0.1) is 19.1 Å². The van der Waals surface area contributed by atoms with Crippen molar-refractivity contribution in [1.82, 2.24) is 10.2 Å². The molecule has 224 valence electrons. The Labute approximate surface area is 247 Å². The van der Waals surface area contributed by atoms with Gasteiger partial charge in [-0.25, -0.2) is 12.8 Å². The molecule has 1 saturated carbocycles. The average Bonchev–Trinajstić information content (AvgIpc) is 2.99. The highest BCUT2D eigenvalue weighted by Gasteiger charge is 2.34. The van der Waals surface area contributed by atoms with E-state index >= 15 is 0 Å². The number of rotatable bonds is 12. The van der Waals surface area contributed by atoms with E-state index in [1.165, 1.54) is 24.1 Å². The standard InChI is InChI=1S/C32H38FN3O5S/c1-41-29-19-17-28(18-20-29)36(42(2,39)40)23-31(37)35(22-25-13-15-26(33)16-14-25)30(21-24-9-5-3-6-10-24)32(38)34-27-11-7-4-8-12-27/h3,5-6,9-10,13-20,27,30H,4,7-8,11-12,21-23H2,1-2H3,(H,34,38)/t30-/m1/s1. The fourth-order valence-corrected chi connectivity index (χ4v) is 6.10. The lowest BCUT2D eigenvalue weighted by molar-refractivity contribution is -0.140.